The van der Waals surface area contributed by atoms with Gasteiger partial charge in [-0.1, -0.05) is 25.4 Å². The van der Waals surface area contributed by atoms with Gasteiger partial charge in [-0.3, -0.25) is 9.59 Å². The number of H-pyrrole nitrogens is 1. The number of amides is 1. The summed E-state index contributed by atoms with van der Waals surface area (Å²) in [4.78, 5) is 30.8. The summed E-state index contributed by atoms with van der Waals surface area (Å²) < 4.78 is 43.3. The van der Waals surface area contributed by atoms with Crippen LogP contribution < -0.4 is 16.2 Å². The summed E-state index contributed by atoms with van der Waals surface area (Å²) in [6, 6.07) is 6.46. The molecule has 0 radical (unpaired) electrons. The van der Waals surface area contributed by atoms with Crippen molar-refractivity contribution in [1.82, 2.24) is 9.97 Å². The zero-order valence-electron chi connectivity index (χ0n) is 16.3. The molecule has 6 nitrogen and oxygen atoms in total. The van der Waals surface area contributed by atoms with E-state index in [1.807, 2.05) is 5.32 Å². The Morgan fingerprint density at radius 3 is 2.55 bits per heavy atom. The molecular formula is C21H16ClF3N4O2. The van der Waals surface area contributed by atoms with Crippen LogP contribution >= 0.6 is 11.6 Å². The molecule has 1 amide bonds. The number of aromatic nitrogens is 2. The monoisotopic (exact) mass is 448 g/mol. The summed E-state index contributed by atoms with van der Waals surface area (Å²) >= 11 is 5.96. The second kappa shape index (κ2) is 7.42. The number of aromatic amines is 1. The summed E-state index contributed by atoms with van der Waals surface area (Å²) in [6.45, 7) is 3.60. The fourth-order valence-electron chi connectivity index (χ4n) is 3.43. The Labute approximate surface area is 179 Å². The molecule has 0 saturated heterocycles. The predicted octanol–water partition coefficient (Wildman–Crippen LogP) is 5.14. The molecule has 2 aromatic heterocycles. The van der Waals surface area contributed by atoms with Gasteiger partial charge in [0.05, 0.1) is 22.5 Å². The topological polar surface area (TPSA) is 86.9 Å². The minimum Gasteiger partial charge on any atom is -0.353 e. The zero-order chi connectivity index (χ0) is 22.5. The molecule has 4 rings (SSSR count). The SMILES string of the molecule is CC(C)c1[nH]c(=O)c(-c2cc(Cl)ccc2F)cc1Nc1ccnc2c1C(F)(F)C(=O)N2. The van der Waals surface area contributed by atoms with Crippen molar-refractivity contribution in [2.45, 2.75) is 25.7 Å². The maximum absolute atomic E-state index is 14.4. The molecule has 3 aromatic rings. The van der Waals surface area contributed by atoms with Crippen LogP contribution in [0, 0.1) is 5.82 Å². The van der Waals surface area contributed by atoms with Crippen molar-refractivity contribution in [2.75, 3.05) is 10.6 Å². The molecule has 31 heavy (non-hydrogen) atoms. The summed E-state index contributed by atoms with van der Waals surface area (Å²) in [5, 5.41) is 5.14. The standard InChI is InChI=1S/C21H16ClF3N4O2/c1-9(2)17-15(8-12(19(30)28-17)11-7-10(22)3-4-13(11)23)27-14-5-6-26-18-16(14)21(24,25)20(31)29-18/h3-9H,1-2H3,(H,28,30)(H2,26,27,29,31). The Morgan fingerprint density at radius 2 is 1.84 bits per heavy atom. The summed E-state index contributed by atoms with van der Waals surface area (Å²) in [5.74, 6) is -6.38. The van der Waals surface area contributed by atoms with Gasteiger partial charge in [-0.05, 0) is 36.2 Å². The lowest BCUT2D eigenvalue weighted by molar-refractivity contribution is -0.139. The van der Waals surface area contributed by atoms with E-state index in [2.05, 4.69) is 15.3 Å². The Hall–Kier alpha value is -3.33. The summed E-state index contributed by atoms with van der Waals surface area (Å²) in [7, 11) is 0. The third-order valence-electron chi connectivity index (χ3n) is 4.92. The smallest absolute Gasteiger partial charge is 0.353 e. The van der Waals surface area contributed by atoms with Crippen LogP contribution in [0.5, 0.6) is 0 Å². The average molecular weight is 449 g/mol. The van der Waals surface area contributed by atoms with E-state index in [-0.39, 0.29) is 39.3 Å². The second-order valence-corrected chi connectivity index (χ2v) is 7.79. The molecule has 0 saturated carbocycles. The Balaban J connectivity index is 1.89. The minimum atomic E-state index is -3.78. The number of anilines is 3. The second-order valence-electron chi connectivity index (χ2n) is 7.35. The first-order chi connectivity index (χ1) is 14.6. The van der Waals surface area contributed by atoms with E-state index in [0.29, 0.717) is 5.69 Å². The quantitative estimate of drug-likeness (QED) is 0.515. The first-order valence-corrected chi connectivity index (χ1v) is 9.65. The van der Waals surface area contributed by atoms with Crippen LogP contribution in [-0.2, 0) is 10.7 Å². The molecule has 0 fully saturated rings. The number of pyridine rings is 2. The third kappa shape index (κ3) is 3.54. The van der Waals surface area contributed by atoms with Crippen molar-refractivity contribution in [3.05, 3.63) is 69.0 Å². The third-order valence-corrected chi connectivity index (χ3v) is 5.15. The lowest BCUT2D eigenvalue weighted by atomic mass is 10.0. The van der Waals surface area contributed by atoms with Gasteiger partial charge in [-0.15, -0.1) is 0 Å². The lowest BCUT2D eigenvalue weighted by Gasteiger charge is -2.19. The molecule has 10 heteroatoms. The summed E-state index contributed by atoms with van der Waals surface area (Å²) in [6.07, 6.45) is 1.27. The number of benzene rings is 1. The van der Waals surface area contributed by atoms with Crippen LogP contribution in [0.3, 0.4) is 0 Å². The highest BCUT2D eigenvalue weighted by molar-refractivity contribution is 6.30. The van der Waals surface area contributed by atoms with Crippen LogP contribution in [0.4, 0.5) is 30.4 Å². The average Bonchev–Trinajstić information content (AvgIpc) is 2.94. The van der Waals surface area contributed by atoms with E-state index in [1.165, 1.54) is 30.5 Å². The number of nitrogens with zero attached hydrogens (tertiary/aromatic N) is 1. The van der Waals surface area contributed by atoms with Crippen molar-refractivity contribution in [2.24, 2.45) is 0 Å². The van der Waals surface area contributed by atoms with E-state index < -0.39 is 28.8 Å². The normalized spacial score (nSPS) is 14.5. The van der Waals surface area contributed by atoms with E-state index in [4.69, 9.17) is 11.6 Å². The van der Waals surface area contributed by atoms with E-state index in [9.17, 15) is 22.8 Å². The molecule has 1 aliphatic heterocycles. The molecular weight excluding hydrogens is 433 g/mol. The fraction of sp³-hybridized carbons (Fsp3) is 0.190. The van der Waals surface area contributed by atoms with E-state index >= 15 is 0 Å². The highest BCUT2D eigenvalue weighted by Crippen LogP contribution is 2.44. The highest BCUT2D eigenvalue weighted by atomic mass is 35.5. The molecule has 1 aliphatic rings. The van der Waals surface area contributed by atoms with Gasteiger partial charge in [0.2, 0.25) is 0 Å². The molecule has 0 bridgehead atoms. The highest BCUT2D eigenvalue weighted by Gasteiger charge is 2.51. The molecule has 1 aromatic carbocycles. The fourth-order valence-corrected chi connectivity index (χ4v) is 3.60. The van der Waals surface area contributed by atoms with Crippen molar-refractivity contribution < 1.29 is 18.0 Å². The number of alkyl halides is 2. The van der Waals surface area contributed by atoms with Crippen LogP contribution in [0.1, 0.15) is 31.0 Å². The van der Waals surface area contributed by atoms with Crippen molar-refractivity contribution in [1.29, 1.82) is 0 Å². The molecule has 0 unspecified atom stereocenters. The molecule has 0 aliphatic carbocycles. The van der Waals surface area contributed by atoms with Crippen LogP contribution in [0.15, 0.2) is 41.3 Å². The van der Waals surface area contributed by atoms with Gasteiger partial charge in [0, 0.05) is 22.5 Å². The lowest BCUT2D eigenvalue weighted by Crippen LogP contribution is -2.24. The van der Waals surface area contributed by atoms with Gasteiger partial charge in [-0.2, -0.15) is 8.78 Å². The Bertz CT molecular complexity index is 1270. The molecule has 160 valence electrons. The zero-order valence-corrected chi connectivity index (χ0v) is 17.1. The minimum absolute atomic E-state index is 0.0291. The number of nitrogens with one attached hydrogen (secondary N) is 3. The number of hydrogen-bond acceptors (Lipinski definition) is 4. The number of fused-ring (bicyclic) bond motifs is 1. The van der Waals surface area contributed by atoms with E-state index in [1.54, 1.807) is 13.8 Å². The van der Waals surface area contributed by atoms with Gasteiger partial charge in [0.15, 0.2) is 0 Å². The largest absolute Gasteiger partial charge is 0.355 e. The van der Waals surface area contributed by atoms with Crippen LogP contribution in [0.25, 0.3) is 11.1 Å². The Kier molecular flexibility index (Phi) is 5.01. The maximum atomic E-state index is 14.4. The van der Waals surface area contributed by atoms with Gasteiger partial charge in [-0.25, -0.2) is 9.37 Å². The number of carbonyl (C=O) groups is 1. The van der Waals surface area contributed by atoms with Gasteiger partial charge in [0.25, 0.3) is 5.56 Å². The van der Waals surface area contributed by atoms with Crippen molar-refractivity contribution in [3.8, 4) is 11.1 Å². The number of rotatable bonds is 4. The molecule has 0 atom stereocenters. The first-order valence-electron chi connectivity index (χ1n) is 9.28. The van der Waals surface area contributed by atoms with Gasteiger partial charge in [0.1, 0.15) is 11.6 Å². The van der Waals surface area contributed by atoms with Crippen LogP contribution in [0.2, 0.25) is 5.02 Å². The number of hydrogen-bond donors (Lipinski definition) is 3. The van der Waals surface area contributed by atoms with Gasteiger partial charge < -0.3 is 15.6 Å². The predicted molar refractivity (Wildman–Crippen MR) is 112 cm³/mol. The maximum Gasteiger partial charge on any atom is 0.355 e. The van der Waals surface area contributed by atoms with Crippen LogP contribution in [-0.4, -0.2) is 15.9 Å². The molecule has 3 heterocycles. The molecule has 3 N–H and O–H groups in total. The summed E-state index contributed by atoms with van der Waals surface area (Å²) in [5.41, 5.74) is -0.601. The van der Waals surface area contributed by atoms with Crippen molar-refractivity contribution >= 4 is 34.7 Å². The first kappa shape index (κ1) is 20.9. The van der Waals surface area contributed by atoms with E-state index in [0.717, 1.165) is 6.07 Å². The molecule has 0 spiro atoms. The van der Waals surface area contributed by atoms with Crippen molar-refractivity contribution in [3.63, 3.8) is 0 Å². The Morgan fingerprint density at radius 1 is 1.10 bits per heavy atom. The number of carbonyl (C=O) groups excluding carboxylic acids is 1. The van der Waals surface area contributed by atoms with Gasteiger partial charge >= 0.3 is 11.8 Å². The number of halogens is 4.